The smallest absolute Gasteiger partial charge is 0.257 e. The molecule has 26 heavy (non-hydrogen) atoms. The van der Waals surface area contributed by atoms with E-state index in [4.69, 9.17) is 11.6 Å². The van der Waals surface area contributed by atoms with Crippen LogP contribution in [-0.4, -0.2) is 43.5 Å². The highest BCUT2D eigenvalue weighted by Gasteiger charge is 2.28. The number of piperidine rings is 1. The van der Waals surface area contributed by atoms with Crippen LogP contribution in [0.3, 0.4) is 0 Å². The number of amides is 1. The topological polar surface area (TPSA) is 86.7 Å². The van der Waals surface area contributed by atoms with E-state index < -0.39 is 10.0 Å². The number of phenolic OH excluding ortho intramolecular Hbond substituents is 1. The number of sulfonamides is 1. The normalized spacial score (nSPS) is 15.8. The second kappa shape index (κ2) is 7.65. The van der Waals surface area contributed by atoms with E-state index in [9.17, 15) is 18.3 Å². The summed E-state index contributed by atoms with van der Waals surface area (Å²) in [5.74, 6) is -0.430. The molecule has 0 radical (unpaired) electrons. The van der Waals surface area contributed by atoms with E-state index in [1.165, 1.54) is 18.2 Å². The van der Waals surface area contributed by atoms with Crippen molar-refractivity contribution in [1.82, 2.24) is 9.62 Å². The molecule has 2 aromatic carbocycles. The van der Waals surface area contributed by atoms with Gasteiger partial charge in [-0.3, -0.25) is 4.79 Å². The number of halogens is 1. The zero-order valence-corrected chi connectivity index (χ0v) is 15.5. The maximum atomic E-state index is 12.6. The van der Waals surface area contributed by atoms with Crippen molar-refractivity contribution in [2.45, 2.75) is 23.8 Å². The van der Waals surface area contributed by atoms with Crippen molar-refractivity contribution < 1.29 is 18.3 Å². The molecule has 2 N–H and O–H groups in total. The average Bonchev–Trinajstić information content (AvgIpc) is 2.64. The first-order valence-corrected chi connectivity index (χ1v) is 10.1. The van der Waals surface area contributed by atoms with Crippen LogP contribution in [0.5, 0.6) is 5.75 Å². The minimum atomic E-state index is -3.57. The number of benzene rings is 2. The van der Waals surface area contributed by atoms with Crippen molar-refractivity contribution in [3.05, 3.63) is 59.1 Å². The molecule has 1 aliphatic rings. The number of hydrogen-bond donors (Lipinski definition) is 2. The number of carbonyl (C=O) groups is 1. The van der Waals surface area contributed by atoms with Crippen LogP contribution in [-0.2, 0) is 10.0 Å². The minimum Gasteiger partial charge on any atom is -0.507 e. The highest BCUT2D eigenvalue weighted by atomic mass is 35.5. The fourth-order valence-electron chi connectivity index (χ4n) is 2.94. The summed E-state index contributed by atoms with van der Waals surface area (Å²) in [6, 6.07) is 12.3. The van der Waals surface area contributed by atoms with Crippen LogP contribution < -0.4 is 4.72 Å². The van der Waals surface area contributed by atoms with Crippen molar-refractivity contribution in [1.29, 1.82) is 0 Å². The molecule has 1 saturated heterocycles. The van der Waals surface area contributed by atoms with Crippen molar-refractivity contribution in [3.63, 3.8) is 0 Å². The lowest BCUT2D eigenvalue weighted by Gasteiger charge is -2.32. The van der Waals surface area contributed by atoms with Crippen LogP contribution in [0.1, 0.15) is 23.2 Å². The second-order valence-corrected chi connectivity index (χ2v) is 8.31. The molecule has 0 unspecified atom stereocenters. The van der Waals surface area contributed by atoms with Gasteiger partial charge in [-0.15, -0.1) is 0 Å². The molecule has 0 aliphatic carbocycles. The Bertz CT molecular complexity index is 895. The Hall–Kier alpha value is -2.09. The highest BCUT2D eigenvalue weighted by molar-refractivity contribution is 7.89. The first-order chi connectivity index (χ1) is 12.4. The number of nitrogens with zero attached hydrogens (tertiary/aromatic N) is 1. The van der Waals surface area contributed by atoms with Gasteiger partial charge < -0.3 is 10.0 Å². The Morgan fingerprint density at radius 1 is 1.12 bits per heavy atom. The van der Waals surface area contributed by atoms with Crippen molar-refractivity contribution in [2.24, 2.45) is 0 Å². The predicted molar refractivity (Wildman–Crippen MR) is 98.8 cm³/mol. The lowest BCUT2D eigenvalue weighted by molar-refractivity contribution is 0.0708. The van der Waals surface area contributed by atoms with Gasteiger partial charge >= 0.3 is 0 Å². The van der Waals surface area contributed by atoms with Gasteiger partial charge in [0, 0.05) is 24.2 Å². The molecule has 138 valence electrons. The Morgan fingerprint density at radius 3 is 2.42 bits per heavy atom. The summed E-state index contributed by atoms with van der Waals surface area (Å²) in [6.07, 6.45) is 0.998. The molecule has 0 bridgehead atoms. The number of rotatable bonds is 4. The quantitative estimate of drug-likeness (QED) is 0.834. The Kier molecular flexibility index (Phi) is 5.50. The van der Waals surface area contributed by atoms with E-state index >= 15 is 0 Å². The van der Waals surface area contributed by atoms with E-state index in [1.807, 2.05) is 0 Å². The van der Waals surface area contributed by atoms with Gasteiger partial charge in [0.25, 0.3) is 5.91 Å². The predicted octanol–water partition coefficient (Wildman–Crippen LogP) is 2.63. The lowest BCUT2D eigenvalue weighted by atomic mass is 10.0. The molecule has 6 nitrogen and oxygen atoms in total. The molecule has 1 aliphatic heterocycles. The Morgan fingerprint density at radius 2 is 1.77 bits per heavy atom. The van der Waals surface area contributed by atoms with Gasteiger partial charge in [0.05, 0.1) is 10.5 Å². The molecular formula is C18H19ClN2O4S. The zero-order valence-electron chi connectivity index (χ0n) is 13.9. The van der Waals surface area contributed by atoms with Gasteiger partial charge in [-0.25, -0.2) is 13.1 Å². The molecule has 1 heterocycles. The molecule has 3 rings (SSSR count). The first kappa shape index (κ1) is 18.7. The van der Waals surface area contributed by atoms with Gasteiger partial charge in [0.15, 0.2) is 0 Å². The summed E-state index contributed by atoms with van der Waals surface area (Å²) in [7, 11) is -3.57. The molecule has 2 aromatic rings. The molecule has 0 saturated carbocycles. The summed E-state index contributed by atoms with van der Waals surface area (Å²) in [4.78, 5) is 14.4. The third-order valence-corrected chi connectivity index (χ3v) is 6.12. The zero-order chi connectivity index (χ0) is 18.7. The number of nitrogens with one attached hydrogen (secondary N) is 1. The van der Waals surface area contributed by atoms with Gasteiger partial charge in [-0.1, -0.05) is 29.8 Å². The molecule has 0 aromatic heterocycles. The lowest BCUT2D eigenvalue weighted by Crippen LogP contribution is -2.46. The van der Waals surface area contributed by atoms with E-state index in [2.05, 4.69) is 4.72 Å². The summed E-state index contributed by atoms with van der Waals surface area (Å²) in [5, 5.41) is 10.2. The summed E-state index contributed by atoms with van der Waals surface area (Å²) < 4.78 is 27.5. The van der Waals surface area contributed by atoms with E-state index in [0.29, 0.717) is 31.0 Å². The van der Waals surface area contributed by atoms with Crippen LogP contribution >= 0.6 is 11.6 Å². The monoisotopic (exact) mass is 394 g/mol. The molecule has 8 heteroatoms. The van der Waals surface area contributed by atoms with Gasteiger partial charge in [-0.05, 0) is 43.2 Å². The third-order valence-electron chi connectivity index (χ3n) is 4.35. The molecule has 1 fully saturated rings. The molecule has 0 atom stereocenters. The third kappa shape index (κ3) is 4.17. The van der Waals surface area contributed by atoms with Crippen LogP contribution in [0.15, 0.2) is 53.4 Å². The maximum absolute atomic E-state index is 12.6. The fraction of sp³-hybridized carbons (Fsp3) is 0.278. The Balaban J connectivity index is 1.62. The molecule has 1 amide bonds. The van der Waals surface area contributed by atoms with E-state index in [-0.39, 0.29) is 28.2 Å². The number of aromatic hydroxyl groups is 1. The average molecular weight is 395 g/mol. The number of carbonyl (C=O) groups excluding carboxylic acids is 1. The van der Waals surface area contributed by atoms with E-state index in [0.717, 1.165) is 0 Å². The standard InChI is InChI=1S/C18H19ClN2O4S/c19-13-6-7-17(22)16(12-13)18(23)21-10-8-14(9-11-21)20-26(24,25)15-4-2-1-3-5-15/h1-7,12,14,20,22H,8-11H2. The first-order valence-electron chi connectivity index (χ1n) is 8.22. The highest BCUT2D eigenvalue weighted by Crippen LogP contribution is 2.24. The van der Waals surface area contributed by atoms with Crippen molar-refractivity contribution in [2.75, 3.05) is 13.1 Å². The van der Waals surface area contributed by atoms with E-state index in [1.54, 1.807) is 35.2 Å². The summed E-state index contributed by atoms with van der Waals surface area (Å²) in [5.41, 5.74) is 0.154. The maximum Gasteiger partial charge on any atom is 0.257 e. The van der Waals surface area contributed by atoms with Gasteiger partial charge in [0.2, 0.25) is 10.0 Å². The number of phenols is 1. The largest absolute Gasteiger partial charge is 0.507 e. The van der Waals surface area contributed by atoms with Crippen LogP contribution in [0.25, 0.3) is 0 Å². The molecular weight excluding hydrogens is 376 g/mol. The summed E-state index contributed by atoms with van der Waals surface area (Å²) in [6.45, 7) is 0.791. The Labute approximate surface area is 157 Å². The summed E-state index contributed by atoms with van der Waals surface area (Å²) >= 11 is 5.90. The van der Waals surface area contributed by atoms with Crippen LogP contribution in [0.4, 0.5) is 0 Å². The van der Waals surface area contributed by atoms with Crippen molar-refractivity contribution >= 4 is 27.5 Å². The van der Waals surface area contributed by atoms with Crippen molar-refractivity contribution in [3.8, 4) is 5.75 Å². The number of hydrogen-bond acceptors (Lipinski definition) is 4. The van der Waals surface area contributed by atoms with Gasteiger partial charge in [0.1, 0.15) is 5.75 Å². The fourth-order valence-corrected chi connectivity index (χ4v) is 4.44. The van der Waals surface area contributed by atoms with Gasteiger partial charge in [-0.2, -0.15) is 0 Å². The minimum absolute atomic E-state index is 0.119. The SMILES string of the molecule is O=C(c1cc(Cl)ccc1O)N1CCC(NS(=O)(=O)c2ccccc2)CC1. The molecule has 0 spiro atoms. The van der Waals surface area contributed by atoms with Crippen LogP contribution in [0, 0.1) is 0 Å². The number of likely N-dealkylation sites (tertiary alicyclic amines) is 1. The second-order valence-electron chi connectivity index (χ2n) is 6.16. The van der Waals surface area contributed by atoms with Crippen LogP contribution in [0.2, 0.25) is 5.02 Å².